The van der Waals surface area contributed by atoms with Crippen LogP contribution in [0.3, 0.4) is 0 Å². The zero-order chi connectivity index (χ0) is 16.5. The van der Waals surface area contributed by atoms with Crippen LogP contribution < -0.4 is 0 Å². The molecule has 1 aliphatic rings. The van der Waals surface area contributed by atoms with Gasteiger partial charge in [-0.25, -0.2) is 0 Å². The first-order valence-electron chi connectivity index (χ1n) is 7.42. The minimum atomic E-state index is -0.860. The van der Waals surface area contributed by atoms with Crippen molar-refractivity contribution in [2.24, 2.45) is 0 Å². The molecule has 0 saturated heterocycles. The number of hydrogen-bond donors (Lipinski definition) is 1. The van der Waals surface area contributed by atoms with Gasteiger partial charge in [0, 0.05) is 13.3 Å². The Morgan fingerprint density at radius 1 is 1.64 bits per heavy atom. The van der Waals surface area contributed by atoms with Crippen molar-refractivity contribution in [1.82, 2.24) is 0 Å². The molecule has 0 spiro atoms. The first-order valence-corrected chi connectivity index (χ1v) is 7.85. The fourth-order valence-corrected chi connectivity index (χ4v) is 2.52. The largest absolute Gasteiger partial charge is 0.456 e. The maximum Gasteiger partial charge on any atom is 0.303 e. The second kappa shape index (κ2) is 9.68. The van der Waals surface area contributed by atoms with E-state index in [0.29, 0.717) is 6.42 Å². The molecule has 22 heavy (non-hydrogen) atoms. The number of aliphatic hydroxyl groups excluding tert-OH is 1. The summed E-state index contributed by atoms with van der Waals surface area (Å²) >= 11 is 6.37. The SMILES string of the molecule is C#C/C=C\CC(Cl)[C@H]1C[C@@H](O)[C@H](OC(C)=O)C=C[C@@H](CC)O1. The Balaban J connectivity index is 2.83. The van der Waals surface area contributed by atoms with Gasteiger partial charge in [-0.05, 0) is 25.0 Å². The zero-order valence-corrected chi connectivity index (χ0v) is 13.7. The summed E-state index contributed by atoms with van der Waals surface area (Å²) in [5.41, 5.74) is 0. The van der Waals surface area contributed by atoms with Crippen LogP contribution in [0.15, 0.2) is 24.3 Å². The minimum Gasteiger partial charge on any atom is -0.456 e. The van der Waals surface area contributed by atoms with Gasteiger partial charge < -0.3 is 14.6 Å². The molecule has 1 heterocycles. The molecule has 0 aromatic rings. The first-order chi connectivity index (χ1) is 10.5. The van der Waals surface area contributed by atoms with Gasteiger partial charge in [-0.2, -0.15) is 0 Å². The van der Waals surface area contributed by atoms with Gasteiger partial charge in [-0.1, -0.05) is 25.0 Å². The smallest absolute Gasteiger partial charge is 0.303 e. The number of carbonyl (C=O) groups is 1. The van der Waals surface area contributed by atoms with E-state index in [4.69, 9.17) is 27.5 Å². The maximum atomic E-state index is 11.1. The number of ether oxygens (including phenoxy) is 2. The molecule has 0 saturated carbocycles. The average molecular weight is 327 g/mol. The monoisotopic (exact) mass is 326 g/mol. The number of hydrogen-bond acceptors (Lipinski definition) is 4. The topological polar surface area (TPSA) is 55.8 Å². The number of aliphatic hydroxyl groups is 1. The molecular weight excluding hydrogens is 304 g/mol. The fraction of sp³-hybridized carbons (Fsp3) is 0.588. The Hall–Kier alpha value is -1.28. The number of halogens is 1. The molecule has 1 rings (SSSR count). The van der Waals surface area contributed by atoms with Gasteiger partial charge in [0.05, 0.1) is 23.7 Å². The Morgan fingerprint density at radius 3 is 2.95 bits per heavy atom. The van der Waals surface area contributed by atoms with Gasteiger partial charge in [0.25, 0.3) is 0 Å². The highest BCUT2D eigenvalue weighted by atomic mass is 35.5. The Kier molecular flexibility index (Phi) is 8.26. The number of allylic oxidation sites excluding steroid dienone is 2. The molecule has 4 nitrogen and oxygen atoms in total. The van der Waals surface area contributed by atoms with Gasteiger partial charge in [0.2, 0.25) is 0 Å². The van der Waals surface area contributed by atoms with Crippen LogP contribution in [0.25, 0.3) is 0 Å². The standard InChI is InChI=1S/C17H23ClO4/c1-4-6-7-8-14(18)17-11-15(20)16(21-12(3)19)10-9-13(5-2)22-17/h1,6-7,9-10,13-17,20H,5,8,11H2,2-3H3/b7-6-,10-9?/t13-,14?,15-,16-,17-/m1/s1. The number of rotatable bonds is 5. The van der Waals surface area contributed by atoms with Crippen molar-refractivity contribution in [2.75, 3.05) is 0 Å². The molecule has 0 aliphatic carbocycles. The van der Waals surface area contributed by atoms with Gasteiger partial charge >= 0.3 is 5.97 Å². The molecular formula is C17H23ClO4. The van der Waals surface area contributed by atoms with Crippen molar-refractivity contribution in [3.63, 3.8) is 0 Å². The van der Waals surface area contributed by atoms with Gasteiger partial charge in [-0.3, -0.25) is 4.79 Å². The van der Waals surface area contributed by atoms with Crippen LogP contribution in [-0.4, -0.2) is 40.9 Å². The summed E-state index contributed by atoms with van der Waals surface area (Å²) in [5, 5.41) is 9.93. The second-order valence-corrected chi connectivity index (χ2v) is 5.76. The molecule has 122 valence electrons. The molecule has 0 bridgehead atoms. The lowest BCUT2D eigenvalue weighted by molar-refractivity contribution is -0.151. The van der Waals surface area contributed by atoms with E-state index in [2.05, 4.69) is 5.92 Å². The van der Waals surface area contributed by atoms with Crippen LogP contribution in [-0.2, 0) is 14.3 Å². The summed E-state index contributed by atoms with van der Waals surface area (Å²) in [5.74, 6) is 1.98. The third kappa shape index (κ3) is 6.23. The fourth-order valence-electron chi connectivity index (χ4n) is 2.25. The molecule has 0 aromatic carbocycles. The van der Waals surface area contributed by atoms with Crippen molar-refractivity contribution in [3.05, 3.63) is 24.3 Å². The summed E-state index contributed by atoms with van der Waals surface area (Å²) in [6.45, 7) is 3.31. The number of esters is 1. The predicted octanol–water partition coefficient (Wildman–Crippen LogP) is 2.59. The van der Waals surface area contributed by atoms with Crippen molar-refractivity contribution in [1.29, 1.82) is 0 Å². The highest BCUT2D eigenvalue weighted by Gasteiger charge is 2.31. The molecule has 0 aromatic heterocycles. The van der Waals surface area contributed by atoms with E-state index in [-0.39, 0.29) is 24.0 Å². The van der Waals surface area contributed by atoms with E-state index in [1.165, 1.54) is 6.92 Å². The summed E-state index contributed by atoms with van der Waals surface area (Å²) in [6, 6.07) is 0. The third-order valence-electron chi connectivity index (χ3n) is 3.40. The highest BCUT2D eigenvalue weighted by molar-refractivity contribution is 6.21. The molecule has 0 radical (unpaired) electrons. The number of alkyl halides is 1. The minimum absolute atomic E-state index is 0.131. The summed E-state index contributed by atoms with van der Waals surface area (Å²) in [6.07, 6.45) is 11.6. The molecule has 1 aliphatic heterocycles. The molecule has 1 unspecified atom stereocenters. The van der Waals surface area contributed by atoms with Crippen molar-refractivity contribution in [2.45, 2.75) is 62.9 Å². The molecule has 5 heteroatoms. The summed E-state index contributed by atoms with van der Waals surface area (Å²) in [4.78, 5) is 11.1. The molecule has 0 fully saturated rings. The van der Waals surface area contributed by atoms with Gasteiger partial charge in [0.1, 0.15) is 6.10 Å². The zero-order valence-electron chi connectivity index (χ0n) is 12.9. The average Bonchev–Trinajstić information content (AvgIpc) is 2.46. The predicted molar refractivity (Wildman–Crippen MR) is 86.5 cm³/mol. The van der Waals surface area contributed by atoms with Crippen LogP contribution in [0.5, 0.6) is 0 Å². The van der Waals surface area contributed by atoms with E-state index < -0.39 is 18.2 Å². The Bertz CT molecular complexity index is 452. The van der Waals surface area contributed by atoms with Crippen LogP contribution in [0.2, 0.25) is 0 Å². The molecule has 5 atom stereocenters. The first kappa shape index (κ1) is 18.8. The number of carbonyl (C=O) groups excluding carboxylic acids is 1. The van der Waals surface area contributed by atoms with Crippen LogP contribution in [0, 0.1) is 12.3 Å². The Morgan fingerprint density at radius 2 is 2.36 bits per heavy atom. The lowest BCUT2D eigenvalue weighted by atomic mass is 9.99. The van der Waals surface area contributed by atoms with Crippen molar-refractivity contribution in [3.8, 4) is 12.3 Å². The van der Waals surface area contributed by atoms with Crippen molar-refractivity contribution >= 4 is 17.6 Å². The third-order valence-corrected chi connectivity index (χ3v) is 3.86. The highest BCUT2D eigenvalue weighted by Crippen LogP contribution is 2.24. The van der Waals surface area contributed by atoms with E-state index in [0.717, 1.165) is 6.42 Å². The van der Waals surface area contributed by atoms with Crippen LogP contribution >= 0.6 is 11.6 Å². The van der Waals surface area contributed by atoms with E-state index in [9.17, 15) is 9.90 Å². The second-order valence-electron chi connectivity index (χ2n) is 5.20. The van der Waals surface area contributed by atoms with Crippen molar-refractivity contribution < 1.29 is 19.4 Å². The van der Waals surface area contributed by atoms with Crippen LogP contribution in [0.4, 0.5) is 0 Å². The van der Waals surface area contributed by atoms with Crippen LogP contribution in [0.1, 0.15) is 33.1 Å². The van der Waals surface area contributed by atoms with E-state index in [1.54, 1.807) is 18.2 Å². The van der Waals surface area contributed by atoms with Gasteiger partial charge in [0.15, 0.2) is 0 Å². The normalized spacial score (nSPS) is 30.3. The lowest BCUT2D eigenvalue weighted by Crippen LogP contribution is -2.40. The maximum absolute atomic E-state index is 11.1. The number of terminal acetylenes is 1. The Labute approximate surface area is 137 Å². The van der Waals surface area contributed by atoms with Gasteiger partial charge in [-0.15, -0.1) is 18.0 Å². The van der Waals surface area contributed by atoms with E-state index >= 15 is 0 Å². The lowest BCUT2D eigenvalue weighted by Gasteiger charge is -2.32. The quantitative estimate of drug-likeness (QED) is 0.365. The summed E-state index contributed by atoms with van der Waals surface area (Å²) < 4.78 is 11.1. The summed E-state index contributed by atoms with van der Waals surface area (Å²) in [7, 11) is 0. The van der Waals surface area contributed by atoms with E-state index in [1.807, 2.05) is 13.0 Å². The molecule has 0 amide bonds. The molecule has 1 N–H and O–H groups in total.